The summed E-state index contributed by atoms with van der Waals surface area (Å²) in [5, 5.41) is 2.83. The number of nitrogens with zero attached hydrogens (tertiary/aromatic N) is 1. The van der Waals surface area contributed by atoms with Crippen LogP contribution in [-0.4, -0.2) is 26.6 Å². The van der Waals surface area contributed by atoms with Crippen molar-refractivity contribution in [1.29, 1.82) is 0 Å². The molecule has 140 valence electrons. The van der Waals surface area contributed by atoms with Crippen LogP contribution in [0.1, 0.15) is 29.2 Å². The zero-order chi connectivity index (χ0) is 19.5. The van der Waals surface area contributed by atoms with E-state index >= 15 is 0 Å². The SMILES string of the molecule is Cc1ccc(CNC(=O)[C@H](C)N(c2cc(C)ccc2C)S(C)(=O)=O)cc1. The summed E-state index contributed by atoms with van der Waals surface area (Å²) in [5.74, 6) is -0.336. The molecule has 2 rings (SSSR count). The van der Waals surface area contributed by atoms with Crippen molar-refractivity contribution in [3.8, 4) is 0 Å². The molecule has 1 atom stereocenters. The molecule has 1 amide bonds. The van der Waals surface area contributed by atoms with Crippen LogP contribution in [0.4, 0.5) is 5.69 Å². The molecule has 0 saturated heterocycles. The zero-order valence-corrected chi connectivity index (χ0v) is 16.7. The number of nitrogens with one attached hydrogen (secondary N) is 1. The van der Waals surface area contributed by atoms with E-state index in [2.05, 4.69) is 5.32 Å². The number of hydrogen-bond donors (Lipinski definition) is 1. The molecule has 0 unspecified atom stereocenters. The van der Waals surface area contributed by atoms with Crippen molar-refractivity contribution in [2.45, 2.75) is 40.3 Å². The van der Waals surface area contributed by atoms with Crippen molar-refractivity contribution in [3.05, 3.63) is 64.7 Å². The lowest BCUT2D eigenvalue weighted by Crippen LogP contribution is -2.48. The number of benzene rings is 2. The smallest absolute Gasteiger partial charge is 0.243 e. The van der Waals surface area contributed by atoms with E-state index < -0.39 is 16.1 Å². The van der Waals surface area contributed by atoms with Crippen LogP contribution in [0.25, 0.3) is 0 Å². The maximum Gasteiger partial charge on any atom is 0.243 e. The molecule has 0 heterocycles. The van der Waals surface area contributed by atoms with Crippen molar-refractivity contribution >= 4 is 21.6 Å². The quantitative estimate of drug-likeness (QED) is 0.845. The molecule has 2 aromatic carbocycles. The second-order valence-electron chi connectivity index (χ2n) is 6.73. The molecule has 0 aliphatic carbocycles. The van der Waals surface area contributed by atoms with Gasteiger partial charge in [-0.15, -0.1) is 0 Å². The van der Waals surface area contributed by atoms with Gasteiger partial charge in [0.05, 0.1) is 11.9 Å². The van der Waals surface area contributed by atoms with E-state index in [9.17, 15) is 13.2 Å². The Labute approximate surface area is 156 Å². The number of rotatable bonds is 6. The van der Waals surface area contributed by atoms with Gasteiger partial charge in [-0.05, 0) is 50.5 Å². The minimum absolute atomic E-state index is 0.336. The lowest BCUT2D eigenvalue weighted by Gasteiger charge is -2.29. The number of amides is 1. The lowest BCUT2D eigenvalue weighted by atomic mass is 10.1. The molecule has 0 aromatic heterocycles. The van der Waals surface area contributed by atoms with E-state index in [0.29, 0.717) is 12.2 Å². The molecule has 0 saturated carbocycles. The minimum Gasteiger partial charge on any atom is -0.350 e. The highest BCUT2D eigenvalue weighted by Gasteiger charge is 2.30. The highest BCUT2D eigenvalue weighted by atomic mass is 32.2. The molecule has 6 heteroatoms. The molecule has 0 fully saturated rings. The Bertz CT molecular complexity index is 890. The van der Waals surface area contributed by atoms with Crippen molar-refractivity contribution in [1.82, 2.24) is 5.32 Å². The van der Waals surface area contributed by atoms with Crippen LogP contribution >= 0.6 is 0 Å². The van der Waals surface area contributed by atoms with Gasteiger partial charge >= 0.3 is 0 Å². The van der Waals surface area contributed by atoms with E-state index in [1.807, 2.05) is 57.2 Å². The first-order valence-corrected chi connectivity index (χ1v) is 10.3. The standard InChI is InChI=1S/C20H26N2O3S/c1-14-7-10-18(11-8-14)13-21-20(23)17(4)22(26(5,24)25)19-12-15(2)6-9-16(19)3/h6-12,17H,13H2,1-5H3,(H,21,23)/t17-/m0/s1. The summed E-state index contributed by atoms with van der Waals surface area (Å²) in [6.45, 7) is 7.69. The van der Waals surface area contributed by atoms with Crippen molar-refractivity contribution in [2.24, 2.45) is 0 Å². The minimum atomic E-state index is -3.62. The molecule has 0 aliphatic heterocycles. The van der Waals surface area contributed by atoms with Crippen molar-refractivity contribution in [2.75, 3.05) is 10.6 Å². The lowest BCUT2D eigenvalue weighted by molar-refractivity contribution is -0.122. The number of carbonyl (C=O) groups is 1. The Morgan fingerprint density at radius 1 is 1.04 bits per heavy atom. The third kappa shape index (κ3) is 4.85. The summed E-state index contributed by atoms with van der Waals surface area (Å²) < 4.78 is 26.0. The first kappa shape index (κ1) is 20.0. The Kier molecular flexibility index (Phi) is 6.08. The first-order valence-electron chi connectivity index (χ1n) is 8.49. The summed E-state index contributed by atoms with van der Waals surface area (Å²) >= 11 is 0. The van der Waals surface area contributed by atoms with Crippen LogP contribution in [0.15, 0.2) is 42.5 Å². The number of aryl methyl sites for hydroxylation is 3. The average molecular weight is 375 g/mol. The predicted octanol–water partition coefficient (Wildman–Crippen LogP) is 3.08. The Hall–Kier alpha value is -2.34. The highest BCUT2D eigenvalue weighted by molar-refractivity contribution is 7.92. The fraction of sp³-hybridized carbons (Fsp3) is 0.350. The van der Waals surface area contributed by atoms with E-state index in [4.69, 9.17) is 0 Å². The van der Waals surface area contributed by atoms with Crippen molar-refractivity contribution in [3.63, 3.8) is 0 Å². The third-order valence-corrected chi connectivity index (χ3v) is 5.51. The molecule has 5 nitrogen and oxygen atoms in total. The van der Waals surface area contributed by atoms with Gasteiger partial charge in [-0.25, -0.2) is 8.42 Å². The molecule has 0 radical (unpaired) electrons. The van der Waals surface area contributed by atoms with Gasteiger partial charge in [-0.1, -0.05) is 42.0 Å². The summed E-state index contributed by atoms with van der Waals surface area (Å²) in [5.41, 5.74) is 4.39. The van der Waals surface area contributed by atoms with Gasteiger partial charge in [-0.2, -0.15) is 0 Å². The van der Waals surface area contributed by atoms with Gasteiger partial charge in [0.25, 0.3) is 0 Å². The molecule has 1 N–H and O–H groups in total. The number of anilines is 1. The predicted molar refractivity (Wildman–Crippen MR) is 106 cm³/mol. The van der Waals surface area contributed by atoms with E-state index in [1.54, 1.807) is 13.0 Å². The number of carbonyl (C=O) groups excluding carboxylic acids is 1. The normalized spacial score (nSPS) is 12.5. The molecular formula is C20H26N2O3S. The Balaban J connectivity index is 2.23. The summed E-state index contributed by atoms with van der Waals surface area (Å²) in [4.78, 5) is 12.6. The Morgan fingerprint density at radius 2 is 1.62 bits per heavy atom. The van der Waals surface area contributed by atoms with Crippen LogP contribution in [-0.2, 0) is 21.4 Å². The summed E-state index contributed by atoms with van der Waals surface area (Å²) in [6, 6.07) is 12.6. The van der Waals surface area contributed by atoms with Crippen LogP contribution in [0.5, 0.6) is 0 Å². The van der Waals surface area contributed by atoms with E-state index in [-0.39, 0.29) is 5.91 Å². The third-order valence-electron chi connectivity index (χ3n) is 4.28. The molecule has 0 bridgehead atoms. The molecule has 0 aliphatic rings. The van der Waals surface area contributed by atoms with Gasteiger partial charge in [0, 0.05) is 6.54 Å². The first-order chi connectivity index (χ1) is 12.1. The molecular weight excluding hydrogens is 348 g/mol. The highest BCUT2D eigenvalue weighted by Crippen LogP contribution is 2.26. The van der Waals surface area contributed by atoms with Gasteiger partial charge < -0.3 is 5.32 Å². The second kappa shape index (κ2) is 7.91. The largest absolute Gasteiger partial charge is 0.350 e. The average Bonchev–Trinajstić information content (AvgIpc) is 2.56. The van der Waals surface area contributed by atoms with Gasteiger partial charge in [0.1, 0.15) is 6.04 Å². The summed E-state index contributed by atoms with van der Waals surface area (Å²) in [6.07, 6.45) is 1.12. The summed E-state index contributed by atoms with van der Waals surface area (Å²) in [7, 11) is -3.62. The molecule has 26 heavy (non-hydrogen) atoms. The van der Waals surface area contributed by atoms with Crippen LogP contribution in [0.3, 0.4) is 0 Å². The van der Waals surface area contributed by atoms with Crippen LogP contribution < -0.4 is 9.62 Å². The van der Waals surface area contributed by atoms with Crippen molar-refractivity contribution < 1.29 is 13.2 Å². The van der Waals surface area contributed by atoms with Gasteiger partial charge in [-0.3, -0.25) is 9.10 Å². The van der Waals surface area contributed by atoms with Crippen LogP contribution in [0.2, 0.25) is 0 Å². The fourth-order valence-electron chi connectivity index (χ4n) is 2.78. The van der Waals surface area contributed by atoms with Gasteiger partial charge in [0.2, 0.25) is 15.9 Å². The number of sulfonamides is 1. The Morgan fingerprint density at radius 3 is 2.19 bits per heavy atom. The maximum absolute atomic E-state index is 12.6. The monoisotopic (exact) mass is 374 g/mol. The van der Waals surface area contributed by atoms with Crippen LogP contribution in [0, 0.1) is 20.8 Å². The molecule has 2 aromatic rings. The number of hydrogen-bond acceptors (Lipinski definition) is 3. The molecule has 0 spiro atoms. The van der Waals surface area contributed by atoms with E-state index in [0.717, 1.165) is 28.5 Å². The fourth-order valence-corrected chi connectivity index (χ4v) is 4.00. The second-order valence-corrected chi connectivity index (χ2v) is 8.59. The maximum atomic E-state index is 12.6. The topological polar surface area (TPSA) is 66.5 Å². The zero-order valence-electron chi connectivity index (χ0n) is 15.9. The van der Waals surface area contributed by atoms with E-state index in [1.165, 1.54) is 4.31 Å². The van der Waals surface area contributed by atoms with Gasteiger partial charge in [0.15, 0.2) is 0 Å².